The zero-order valence-corrected chi connectivity index (χ0v) is 9.14. The molecule has 1 aromatic carbocycles. The molecular formula is C11H11N3O3. The molecule has 2 N–H and O–H groups in total. The van der Waals surface area contributed by atoms with E-state index < -0.39 is 6.09 Å². The molecular weight excluding hydrogens is 222 g/mol. The summed E-state index contributed by atoms with van der Waals surface area (Å²) in [6.45, 7) is 0. The lowest BCUT2D eigenvalue weighted by molar-refractivity contribution is 0.215. The summed E-state index contributed by atoms with van der Waals surface area (Å²) in [6, 6.07) is 8.32. The molecule has 2 rings (SSSR count). The van der Waals surface area contributed by atoms with Crippen LogP contribution in [0, 0.1) is 0 Å². The number of carbonyl (C=O) groups is 1. The van der Waals surface area contributed by atoms with Crippen LogP contribution < -0.4 is 14.8 Å². The third kappa shape index (κ3) is 2.97. The molecule has 6 heteroatoms. The zero-order chi connectivity index (χ0) is 12.1. The number of nitrogens with one attached hydrogen (secondary N) is 2. The van der Waals surface area contributed by atoms with E-state index in [1.807, 2.05) is 0 Å². The first kappa shape index (κ1) is 11.0. The first-order valence-corrected chi connectivity index (χ1v) is 4.90. The minimum atomic E-state index is -0.584. The van der Waals surface area contributed by atoms with E-state index in [9.17, 15) is 4.79 Å². The maximum Gasteiger partial charge on any atom is 0.418 e. The van der Waals surface area contributed by atoms with Crippen LogP contribution in [0.3, 0.4) is 0 Å². The Morgan fingerprint density at radius 2 is 1.94 bits per heavy atom. The quantitative estimate of drug-likeness (QED) is 0.850. The largest absolute Gasteiger partial charge is 0.497 e. The maximum atomic E-state index is 11.4. The summed E-state index contributed by atoms with van der Waals surface area (Å²) in [6.07, 6.45) is 0.947. The summed E-state index contributed by atoms with van der Waals surface area (Å²) in [4.78, 5) is 11.4. The highest BCUT2D eigenvalue weighted by atomic mass is 16.6. The van der Waals surface area contributed by atoms with Crippen molar-refractivity contribution in [2.24, 2.45) is 0 Å². The summed E-state index contributed by atoms with van der Waals surface area (Å²) in [5, 5.41) is 8.77. The van der Waals surface area contributed by atoms with Crippen molar-refractivity contribution in [1.29, 1.82) is 0 Å². The van der Waals surface area contributed by atoms with Crippen molar-refractivity contribution in [3.8, 4) is 11.5 Å². The number of rotatable bonds is 3. The average molecular weight is 233 g/mol. The molecule has 17 heavy (non-hydrogen) atoms. The number of aromatic amines is 1. The van der Waals surface area contributed by atoms with Crippen LogP contribution in [0.5, 0.6) is 11.5 Å². The molecule has 0 aliphatic carbocycles. The number of methoxy groups -OCH3 is 1. The highest BCUT2D eigenvalue weighted by molar-refractivity contribution is 5.84. The topological polar surface area (TPSA) is 76.2 Å². The van der Waals surface area contributed by atoms with Crippen LogP contribution in [0.25, 0.3) is 0 Å². The minimum absolute atomic E-state index is 0.433. The number of ether oxygens (including phenoxy) is 2. The third-order valence-electron chi connectivity index (χ3n) is 2.01. The second kappa shape index (κ2) is 5.02. The predicted octanol–water partition coefficient (Wildman–Crippen LogP) is 2.03. The second-order valence-electron chi connectivity index (χ2n) is 3.16. The Bertz CT molecular complexity index is 479. The summed E-state index contributed by atoms with van der Waals surface area (Å²) >= 11 is 0. The normalized spacial score (nSPS) is 9.71. The molecule has 88 valence electrons. The van der Waals surface area contributed by atoms with E-state index in [2.05, 4.69) is 15.5 Å². The Kier molecular flexibility index (Phi) is 3.25. The van der Waals surface area contributed by atoms with Crippen molar-refractivity contribution in [3.05, 3.63) is 36.5 Å². The van der Waals surface area contributed by atoms with Crippen LogP contribution in [-0.4, -0.2) is 23.4 Å². The predicted molar refractivity (Wildman–Crippen MR) is 61.2 cm³/mol. The van der Waals surface area contributed by atoms with Crippen molar-refractivity contribution in [1.82, 2.24) is 10.2 Å². The molecule has 0 unspecified atom stereocenters. The number of nitrogens with zero attached hydrogens (tertiary/aromatic N) is 1. The van der Waals surface area contributed by atoms with Crippen LogP contribution in [0.15, 0.2) is 36.5 Å². The van der Waals surface area contributed by atoms with Gasteiger partial charge in [-0.15, -0.1) is 0 Å². The Balaban J connectivity index is 1.93. The van der Waals surface area contributed by atoms with E-state index in [0.717, 1.165) is 0 Å². The lowest BCUT2D eigenvalue weighted by Crippen LogP contribution is -2.16. The van der Waals surface area contributed by atoms with Gasteiger partial charge >= 0.3 is 6.09 Å². The lowest BCUT2D eigenvalue weighted by Gasteiger charge is -2.05. The monoisotopic (exact) mass is 233 g/mol. The van der Waals surface area contributed by atoms with Gasteiger partial charge in [0.05, 0.1) is 13.3 Å². The molecule has 6 nitrogen and oxygen atoms in total. The molecule has 1 amide bonds. The van der Waals surface area contributed by atoms with Crippen LogP contribution in [-0.2, 0) is 0 Å². The molecule has 0 fully saturated rings. The SMILES string of the molecule is COc1ccc(OC(=O)Nc2ccn[nH]2)cc1. The molecule has 2 aromatic rings. The van der Waals surface area contributed by atoms with Gasteiger partial charge in [0.1, 0.15) is 17.3 Å². The number of hydrogen-bond acceptors (Lipinski definition) is 4. The molecule has 1 heterocycles. The second-order valence-corrected chi connectivity index (χ2v) is 3.16. The van der Waals surface area contributed by atoms with Crippen LogP contribution in [0.2, 0.25) is 0 Å². The maximum absolute atomic E-state index is 11.4. The van der Waals surface area contributed by atoms with Gasteiger partial charge in [-0.3, -0.25) is 10.4 Å². The van der Waals surface area contributed by atoms with Gasteiger partial charge in [-0.1, -0.05) is 0 Å². The molecule has 0 spiro atoms. The highest BCUT2D eigenvalue weighted by Gasteiger charge is 2.05. The van der Waals surface area contributed by atoms with Gasteiger partial charge in [-0.2, -0.15) is 5.10 Å². The highest BCUT2D eigenvalue weighted by Crippen LogP contribution is 2.17. The Labute approximate surface area is 97.6 Å². The average Bonchev–Trinajstić information content (AvgIpc) is 2.82. The standard InChI is InChI=1S/C11H11N3O3/c1-16-8-2-4-9(5-3-8)17-11(15)13-10-6-7-12-14-10/h2-7H,1H3,(H2,12,13,14,15). The van der Waals surface area contributed by atoms with Crippen molar-refractivity contribution < 1.29 is 14.3 Å². The molecule has 0 atom stereocenters. The molecule has 0 bridgehead atoms. The lowest BCUT2D eigenvalue weighted by atomic mass is 10.3. The van der Waals surface area contributed by atoms with Gasteiger partial charge in [-0.05, 0) is 24.3 Å². The molecule has 0 aliphatic rings. The summed E-state index contributed by atoms with van der Waals surface area (Å²) in [5.41, 5.74) is 0. The van der Waals surface area contributed by atoms with Crippen molar-refractivity contribution >= 4 is 11.9 Å². The van der Waals surface area contributed by atoms with Gasteiger partial charge in [-0.25, -0.2) is 4.79 Å². The number of amides is 1. The van der Waals surface area contributed by atoms with Crippen molar-refractivity contribution in [2.75, 3.05) is 12.4 Å². The van der Waals surface area contributed by atoms with Gasteiger partial charge in [0.15, 0.2) is 0 Å². The number of hydrogen-bond donors (Lipinski definition) is 2. The van der Waals surface area contributed by atoms with E-state index in [1.165, 1.54) is 6.20 Å². The Hall–Kier alpha value is -2.50. The van der Waals surface area contributed by atoms with E-state index in [-0.39, 0.29) is 0 Å². The number of anilines is 1. The first-order chi connectivity index (χ1) is 8.28. The van der Waals surface area contributed by atoms with E-state index >= 15 is 0 Å². The number of H-pyrrole nitrogens is 1. The van der Waals surface area contributed by atoms with E-state index in [4.69, 9.17) is 9.47 Å². The Morgan fingerprint density at radius 3 is 2.53 bits per heavy atom. The van der Waals surface area contributed by atoms with Crippen LogP contribution >= 0.6 is 0 Å². The van der Waals surface area contributed by atoms with Gasteiger partial charge in [0, 0.05) is 6.07 Å². The molecule has 0 aliphatic heterocycles. The summed E-state index contributed by atoms with van der Waals surface area (Å²) < 4.78 is 10.0. The number of benzene rings is 1. The fourth-order valence-electron chi connectivity index (χ4n) is 1.21. The fourth-order valence-corrected chi connectivity index (χ4v) is 1.21. The third-order valence-corrected chi connectivity index (χ3v) is 2.01. The fraction of sp³-hybridized carbons (Fsp3) is 0.0909. The van der Waals surface area contributed by atoms with Gasteiger partial charge in [0.2, 0.25) is 0 Å². The van der Waals surface area contributed by atoms with Crippen LogP contribution in [0.4, 0.5) is 10.6 Å². The minimum Gasteiger partial charge on any atom is -0.497 e. The Morgan fingerprint density at radius 1 is 1.24 bits per heavy atom. The molecule has 1 aromatic heterocycles. The molecule has 0 saturated heterocycles. The smallest absolute Gasteiger partial charge is 0.418 e. The zero-order valence-electron chi connectivity index (χ0n) is 9.14. The summed E-state index contributed by atoms with van der Waals surface area (Å²) in [5.74, 6) is 1.61. The van der Waals surface area contributed by atoms with Gasteiger partial charge in [0.25, 0.3) is 0 Å². The van der Waals surface area contributed by atoms with E-state index in [1.54, 1.807) is 37.4 Å². The van der Waals surface area contributed by atoms with Crippen molar-refractivity contribution in [2.45, 2.75) is 0 Å². The molecule has 0 saturated carbocycles. The number of aromatic nitrogens is 2. The molecule has 0 radical (unpaired) electrons. The van der Waals surface area contributed by atoms with Crippen molar-refractivity contribution in [3.63, 3.8) is 0 Å². The van der Waals surface area contributed by atoms with Crippen LogP contribution in [0.1, 0.15) is 0 Å². The first-order valence-electron chi connectivity index (χ1n) is 4.90. The van der Waals surface area contributed by atoms with E-state index in [0.29, 0.717) is 17.3 Å². The van der Waals surface area contributed by atoms with Gasteiger partial charge < -0.3 is 9.47 Å². The number of carbonyl (C=O) groups excluding carboxylic acids is 1. The summed E-state index contributed by atoms with van der Waals surface area (Å²) in [7, 11) is 1.57.